The van der Waals surface area contributed by atoms with Crippen LogP contribution in [-0.2, 0) is 21.4 Å². The largest absolute Gasteiger partial charge is 0.398 e. The minimum atomic E-state index is -3.72. The number of nitrogens with one attached hydrogen (secondary N) is 1. The van der Waals surface area contributed by atoms with Crippen molar-refractivity contribution >= 4 is 21.4 Å². The van der Waals surface area contributed by atoms with Gasteiger partial charge in [-0.15, -0.1) is 0 Å². The van der Waals surface area contributed by atoms with Crippen LogP contribution in [0.3, 0.4) is 0 Å². The summed E-state index contributed by atoms with van der Waals surface area (Å²) in [7, 11) is -2.16. The summed E-state index contributed by atoms with van der Waals surface area (Å²) in [6.07, 6.45) is 0. The summed E-state index contributed by atoms with van der Waals surface area (Å²) in [6.45, 7) is 0.322. The zero-order valence-corrected chi connectivity index (χ0v) is 11.9. The van der Waals surface area contributed by atoms with Gasteiger partial charge in [-0.2, -0.15) is 0 Å². The Bertz CT molecular complexity index is 699. The second kappa shape index (κ2) is 5.94. The van der Waals surface area contributed by atoms with Crippen molar-refractivity contribution in [2.75, 3.05) is 17.6 Å². The molecular formula is C14H16N2O3S. The lowest BCUT2D eigenvalue weighted by Gasteiger charge is -2.13. The van der Waals surface area contributed by atoms with E-state index in [4.69, 9.17) is 10.5 Å². The fourth-order valence-corrected chi connectivity index (χ4v) is 3.06. The van der Waals surface area contributed by atoms with Crippen LogP contribution in [0.15, 0.2) is 53.4 Å². The van der Waals surface area contributed by atoms with Crippen LogP contribution in [0.25, 0.3) is 0 Å². The Kier molecular flexibility index (Phi) is 4.26. The van der Waals surface area contributed by atoms with E-state index in [1.165, 1.54) is 6.07 Å². The Hall–Kier alpha value is -2.05. The fraction of sp³-hybridized carbons (Fsp3) is 0.143. The third kappa shape index (κ3) is 3.09. The Morgan fingerprint density at radius 1 is 1.10 bits per heavy atom. The van der Waals surface area contributed by atoms with Crippen molar-refractivity contribution in [3.63, 3.8) is 0 Å². The minimum absolute atomic E-state index is 0.0622. The van der Waals surface area contributed by atoms with Gasteiger partial charge in [-0.25, -0.2) is 8.42 Å². The molecule has 0 bridgehead atoms. The summed E-state index contributed by atoms with van der Waals surface area (Å²) in [5, 5.41) is 0. The second-order valence-electron chi connectivity index (χ2n) is 4.23. The molecule has 0 amide bonds. The van der Waals surface area contributed by atoms with E-state index >= 15 is 0 Å². The number of ether oxygens (including phenoxy) is 1. The van der Waals surface area contributed by atoms with Crippen molar-refractivity contribution in [2.45, 2.75) is 11.5 Å². The molecule has 0 unspecified atom stereocenters. The van der Waals surface area contributed by atoms with Crippen molar-refractivity contribution < 1.29 is 13.2 Å². The molecule has 0 radical (unpaired) electrons. The zero-order chi connectivity index (χ0) is 14.6. The van der Waals surface area contributed by atoms with Gasteiger partial charge in [0.25, 0.3) is 10.0 Å². The molecule has 2 aromatic rings. The summed E-state index contributed by atoms with van der Waals surface area (Å²) < 4.78 is 32.3. The second-order valence-corrected chi connectivity index (χ2v) is 5.88. The number of hydrogen-bond acceptors (Lipinski definition) is 4. The molecule has 0 atom stereocenters. The molecule has 0 aliphatic heterocycles. The maximum absolute atomic E-state index is 12.3. The van der Waals surface area contributed by atoms with Crippen LogP contribution < -0.4 is 10.5 Å². The highest BCUT2D eigenvalue weighted by Crippen LogP contribution is 2.23. The van der Waals surface area contributed by atoms with Crippen LogP contribution >= 0.6 is 0 Å². The van der Waals surface area contributed by atoms with Crippen LogP contribution in [0, 0.1) is 0 Å². The number of rotatable bonds is 5. The summed E-state index contributed by atoms with van der Waals surface area (Å²) in [5.74, 6) is 0. The fourth-order valence-electron chi connectivity index (χ4n) is 1.83. The Balaban J connectivity index is 2.37. The number of nitrogens with two attached hydrogens (primary N) is 1. The van der Waals surface area contributed by atoms with E-state index in [1.807, 2.05) is 6.07 Å². The van der Waals surface area contributed by atoms with E-state index < -0.39 is 10.0 Å². The van der Waals surface area contributed by atoms with Crippen LogP contribution in [0.2, 0.25) is 0 Å². The molecule has 0 fully saturated rings. The van der Waals surface area contributed by atoms with Gasteiger partial charge in [0, 0.05) is 12.7 Å². The monoisotopic (exact) mass is 292 g/mol. The highest BCUT2D eigenvalue weighted by molar-refractivity contribution is 7.92. The number of hydrogen-bond donors (Lipinski definition) is 2. The van der Waals surface area contributed by atoms with E-state index in [-0.39, 0.29) is 10.6 Å². The number of nitrogen functional groups attached to an aromatic ring is 1. The average Bonchev–Trinajstić information content (AvgIpc) is 2.41. The summed E-state index contributed by atoms with van der Waals surface area (Å²) in [5.41, 5.74) is 7.17. The number of para-hydroxylation sites is 2. The SMILES string of the molecule is COCc1ccccc1NS(=O)(=O)c1ccccc1N. The first-order valence-electron chi connectivity index (χ1n) is 5.99. The summed E-state index contributed by atoms with van der Waals surface area (Å²) in [6, 6.07) is 13.4. The zero-order valence-electron chi connectivity index (χ0n) is 11.0. The number of anilines is 2. The highest BCUT2D eigenvalue weighted by Gasteiger charge is 2.18. The van der Waals surface area contributed by atoms with Gasteiger partial charge in [-0.3, -0.25) is 4.72 Å². The minimum Gasteiger partial charge on any atom is -0.398 e. The molecule has 0 saturated carbocycles. The maximum Gasteiger partial charge on any atom is 0.263 e. The molecule has 3 N–H and O–H groups in total. The van der Waals surface area contributed by atoms with Gasteiger partial charge in [0.15, 0.2) is 0 Å². The molecule has 0 heterocycles. The summed E-state index contributed by atoms with van der Waals surface area (Å²) >= 11 is 0. The van der Waals surface area contributed by atoms with E-state index in [0.29, 0.717) is 12.3 Å². The van der Waals surface area contributed by atoms with Crippen molar-refractivity contribution in [3.05, 3.63) is 54.1 Å². The van der Waals surface area contributed by atoms with Gasteiger partial charge >= 0.3 is 0 Å². The lowest BCUT2D eigenvalue weighted by Crippen LogP contribution is -2.16. The number of sulfonamides is 1. The molecule has 0 aliphatic rings. The van der Waals surface area contributed by atoms with E-state index in [2.05, 4.69) is 4.72 Å². The molecule has 106 valence electrons. The molecule has 6 heteroatoms. The van der Waals surface area contributed by atoms with Crippen LogP contribution in [0.5, 0.6) is 0 Å². The van der Waals surface area contributed by atoms with Gasteiger partial charge < -0.3 is 10.5 Å². The maximum atomic E-state index is 12.3. The van der Waals surface area contributed by atoms with Gasteiger partial charge in [0.1, 0.15) is 4.90 Å². The first-order valence-corrected chi connectivity index (χ1v) is 7.47. The molecule has 5 nitrogen and oxygen atoms in total. The Morgan fingerprint density at radius 2 is 1.75 bits per heavy atom. The quantitative estimate of drug-likeness (QED) is 0.828. The lowest BCUT2D eigenvalue weighted by molar-refractivity contribution is 0.185. The van der Waals surface area contributed by atoms with E-state index in [1.54, 1.807) is 43.5 Å². The molecule has 0 aliphatic carbocycles. The van der Waals surface area contributed by atoms with Gasteiger partial charge in [0.05, 0.1) is 18.0 Å². The third-order valence-electron chi connectivity index (χ3n) is 2.77. The third-order valence-corrected chi connectivity index (χ3v) is 4.21. The average molecular weight is 292 g/mol. The smallest absolute Gasteiger partial charge is 0.263 e. The number of methoxy groups -OCH3 is 1. The van der Waals surface area contributed by atoms with Crippen LogP contribution in [-0.4, -0.2) is 15.5 Å². The Labute approximate surface area is 118 Å². The van der Waals surface area contributed by atoms with Crippen molar-refractivity contribution in [2.24, 2.45) is 0 Å². The van der Waals surface area contributed by atoms with Crippen molar-refractivity contribution in [3.8, 4) is 0 Å². The Morgan fingerprint density at radius 3 is 2.45 bits per heavy atom. The predicted molar refractivity (Wildman–Crippen MR) is 78.8 cm³/mol. The van der Waals surface area contributed by atoms with Gasteiger partial charge in [0.2, 0.25) is 0 Å². The highest BCUT2D eigenvalue weighted by atomic mass is 32.2. The van der Waals surface area contributed by atoms with Crippen LogP contribution in [0.4, 0.5) is 11.4 Å². The molecule has 0 saturated heterocycles. The van der Waals surface area contributed by atoms with Crippen molar-refractivity contribution in [1.82, 2.24) is 0 Å². The molecule has 20 heavy (non-hydrogen) atoms. The first kappa shape index (κ1) is 14.4. The normalized spacial score (nSPS) is 11.2. The molecule has 2 rings (SSSR count). The predicted octanol–water partition coefficient (Wildman–Crippen LogP) is 2.22. The van der Waals surface area contributed by atoms with Gasteiger partial charge in [-0.1, -0.05) is 30.3 Å². The summed E-state index contributed by atoms with van der Waals surface area (Å²) in [4.78, 5) is 0.0622. The molecule has 0 aromatic heterocycles. The molecule has 2 aromatic carbocycles. The van der Waals surface area contributed by atoms with E-state index in [0.717, 1.165) is 5.56 Å². The standard InChI is InChI=1S/C14H16N2O3S/c1-19-10-11-6-2-4-8-13(11)16-20(17,18)14-9-5-3-7-12(14)15/h2-9,16H,10,15H2,1H3. The molecule has 0 spiro atoms. The van der Waals surface area contributed by atoms with Gasteiger partial charge in [-0.05, 0) is 18.2 Å². The van der Waals surface area contributed by atoms with E-state index in [9.17, 15) is 8.42 Å². The lowest BCUT2D eigenvalue weighted by atomic mass is 10.2. The molecular weight excluding hydrogens is 276 g/mol. The van der Waals surface area contributed by atoms with Crippen LogP contribution in [0.1, 0.15) is 5.56 Å². The van der Waals surface area contributed by atoms with Crippen molar-refractivity contribution in [1.29, 1.82) is 0 Å². The topological polar surface area (TPSA) is 81.4 Å². The number of benzene rings is 2. The first-order chi connectivity index (χ1) is 9.54.